The van der Waals surface area contributed by atoms with Crippen LogP contribution in [0.25, 0.3) is 6.08 Å². The number of nitrogens with one attached hydrogen (secondary N) is 2. The molecular weight excluding hydrogens is 288 g/mol. The average Bonchev–Trinajstić information content (AvgIpc) is 3.27. The lowest BCUT2D eigenvalue weighted by atomic mass is 9.80. The summed E-state index contributed by atoms with van der Waals surface area (Å²) in [4.78, 5) is 10.6. The van der Waals surface area contributed by atoms with Crippen molar-refractivity contribution in [1.29, 1.82) is 0 Å². The molecule has 3 N–H and O–H groups in total. The second-order valence-electron chi connectivity index (χ2n) is 6.82. The van der Waals surface area contributed by atoms with Gasteiger partial charge < -0.3 is 15.7 Å². The van der Waals surface area contributed by atoms with Crippen molar-refractivity contribution in [2.24, 2.45) is 11.8 Å². The minimum absolute atomic E-state index is 0.165. The maximum absolute atomic E-state index is 10.6. The Balaban J connectivity index is 1.41. The topological polar surface area (TPSA) is 61.4 Å². The highest BCUT2D eigenvalue weighted by Crippen LogP contribution is 2.40. The number of rotatable bonds is 7. The molecule has 3 rings (SSSR count). The van der Waals surface area contributed by atoms with Gasteiger partial charge in [-0.1, -0.05) is 48.9 Å². The fraction of sp³-hybridized carbons (Fsp3) is 0.526. The van der Waals surface area contributed by atoms with Crippen LogP contribution in [-0.4, -0.2) is 29.8 Å². The zero-order valence-electron chi connectivity index (χ0n) is 13.7. The van der Waals surface area contributed by atoms with Gasteiger partial charge in [-0.2, -0.15) is 0 Å². The van der Waals surface area contributed by atoms with Crippen LogP contribution in [0.2, 0.25) is 0 Å². The van der Waals surface area contributed by atoms with Crippen LogP contribution >= 0.6 is 0 Å². The normalized spacial score (nSPS) is 29.7. The summed E-state index contributed by atoms with van der Waals surface area (Å²) in [6.07, 6.45) is 5.71. The summed E-state index contributed by atoms with van der Waals surface area (Å²) in [5, 5.41) is 14.9. The number of hydrogen-bond acceptors (Lipinski definition) is 2. The van der Waals surface area contributed by atoms with Crippen molar-refractivity contribution in [2.45, 2.75) is 44.7 Å². The van der Waals surface area contributed by atoms with Gasteiger partial charge >= 0.3 is 6.09 Å². The molecule has 2 aliphatic rings. The molecule has 124 valence electrons. The molecule has 0 aromatic heterocycles. The van der Waals surface area contributed by atoms with Gasteiger partial charge in [-0.15, -0.1) is 0 Å². The molecule has 2 saturated carbocycles. The molecule has 4 nitrogen and oxygen atoms in total. The highest BCUT2D eigenvalue weighted by molar-refractivity contribution is 5.65. The first-order valence-electron chi connectivity index (χ1n) is 8.64. The van der Waals surface area contributed by atoms with Gasteiger partial charge in [0.05, 0.1) is 0 Å². The van der Waals surface area contributed by atoms with E-state index < -0.39 is 6.09 Å². The number of carbonyl (C=O) groups is 1. The zero-order valence-corrected chi connectivity index (χ0v) is 13.7. The van der Waals surface area contributed by atoms with Gasteiger partial charge in [-0.05, 0) is 49.6 Å². The van der Waals surface area contributed by atoms with Gasteiger partial charge in [0.25, 0.3) is 0 Å². The molecule has 2 atom stereocenters. The first-order valence-corrected chi connectivity index (χ1v) is 8.64. The van der Waals surface area contributed by atoms with E-state index in [1.54, 1.807) is 0 Å². The molecule has 23 heavy (non-hydrogen) atoms. The molecule has 1 amide bonds. The number of hydrogen-bond donors (Lipinski definition) is 3. The molecule has 1 aromatic carbocycles. The van der Waals surface area contributed by atoms with Crippen LogP contribution in [0.5, 0.6) is 0 Å². The fourth-order valence-corrected chi connectivity index (χ4v) is 3.58. The van der Waals surface area contributed by atoms with E-state index >= 15 is 0 Å². The van der Waals surface area contributed by atoms with Crippen LogP contribution in [0.1, 0.15) is 38.2 Å². The highest BCUT2D eigenvalue weighted by atomic mass is 16.4. The molecular formula is C19H26N2O2. The molecule has 0 bridgehead atoms. The van der Waals surface area contributed by atoms with Crippen molar-refractivity contribution >= 4 is 12.2 Å². The smallest absolute Gasteiger partial charge is 0.404 e. The van der Waals surface area contributed by atoms with Gasteiger partial charge in [0.1, 0.15) is 0 Å². The molecule has 4 heteroatoms. The second kappa shape index (κ2) is 7.18. The van der Waals surface area contributed by atoms with Crippen molar-refractivity contribution in [3.05, 3.63) is 41.5 Å². The third-order valence-corrected chi connectivity index (χ3v) is 5.06. The summed E-state index contributed by atoms with van der Waals surface area (Å²) in [6, 6.07) is 11.3. The molecule has 0 heterocycles. The first kappa shape index (κ1) is 16.1. The van der Waals surface area contributed by atoms with E-state index in [-0.39, 0.29) is 6.04 Å². The predicted molar refractivity (Wildman–Crippen MR) is 92.3 cm³/mol. The van der Waals surface area contributed by atoms with Gasteiger partial charge in [-0.25, -0.2) is 4.79 Å². The SMILES string of the molecule is CC/C(=C\c1ccccc1)[C@@H]1C[C@H]1NCC1CC(NC(=O)O)C1. The zero-order chi connectivity index (χ0) is 16.2. The molecule has 0 saturated heterocycles. The summed E-state index contributed by atoms with van der Waals surface area (Å²) in [7, 11) is 0. The van der Waals surface area contributed by atoms with E-state index in [9.17, 15) is 4.79 Å². The van der Waals surface area contributed by atoms with E-state index in [4.69, 9.17) is 5.11 Å². The lowest BCUT2D eigenvalue weighted by molar-refractivity contribution is 0.164. The van der Waals surface area contributed by atoms with Crippen LogP contribution in [0, 0.1) is 11.8 Å². The monoisotopic (exact) mass is 314 g/mol. The maximum atomic E-state index is 10.6. The van der Waals surface area contributed by atoms with Gasteiger partial charge in [-0.3, -0.25) is 0 Å². The molecule has 0 radical (unpaired) electrons. The first-order chi connectivity index (χ1) is 11.2. The van der Waals surface area contributed by atoms with E-state index in [0.717, 1.165) is 25.8 Å². The summed E-state index contributed by atoms with van der Waals surface area (Å²) < 4.78 is 0. The Kier molecular flexibility index (Phi) is 5.01. The standard InChI is InChI=1S/C19H26N2O2/c1-2-15(8-13-6-4-3-5-7-13)17-11-18(17)20-12-14-9-16(10-14)21-19(22)23/h3-8,14,16-18,20-21H,2,9-12H2,1H3,(H,22,23)/b15-8+/t14?,16?,17-,18+/m0/s1. The van der Waals surface area contributed by atoms with E-state index in [0.29, 0.717) is 17.9 Å². The Morgan fingerprint density at radius 2 is 2.00 bits per heavy atom. The summed E-state index contributed by atoms with van der Waals surface area (Å²) >= 11 is 0. The van der Waals surface area contributed by atoms with E-state index in [1.165, 1.54) is 17.6 Å². The Bertz CT molecular complexity index is 564. The maximum Gasteiger partial charge on any atom is 0.404 e. The number of carboxylic acid groups (broad SMARTS) is 1. The summed E-state index contributed by atoms with van der Waals surface area (Å²) in [5.74, 6) is 1.30. The van der Waals surface area contributed by atoms with Crippen molar-refractivity contribution in [2.75, 3.05) is 6.54 Å². The fourth-order valence-electron chi connectivity index (χ4n) is 3.58. The van der Waals surface area contributed by atoms with Crippen molar-refractivity contribution in [3.8, 4) is 0 Å². The van der Waals surface area contributed by atoms with Crippen LogP contribution in [0.15, 0.2) is 35.9 Å². The summed E-state index contributed by atoms with van der Waals surface area (Å²) in [5.41, 5.74) is 2.82. The van der Waals surface area contributed by atoms with Gasteiger partial charge in [0.2, 0.25) is 0 Å². The Labute approximate surface area is 138 Å². The second-order valence-corrected chi connectivity index (χ2v) is 6.82. The molecule has 0 unspecified atom stereocenters. The molecule has 2 fully saturated rings. The lowest BCUT2D eigenvalue weighted by Gasteiger charge is -2.35. The minimum Gasteiger partial charge on any atom is -0.465 e. The van der Waals surface area contributed by atoms with Crippen LogP contribution in [0.4, 0.5) is 4.79 Å². The minimum atomic E-state index is -0.901. The van der Waals surface area contributed by atoms with Gasteiger partial charge in [0.15, 0.2) is 0 Å². The van der Waals surface area contributed by atoms with Crippen LogP contribution in [-0.2, 0) is 0 Å². The van der Waals surface area contributed by atoms with Crippen molar-refractivity contribution < 1.29 is 9.90 Å². The third-order valence-electron chi connectivity index (χ3n) is 5.06. The van der Waals surface area contributed by atoms with Crippen LogP contribution < -0.4 is 10.6 Å². The number of benzene rings is 1. The van der Waals surface area contributed by atoms with Crippen LogP contribution in [0.3, 0.4) is 0 Å². The quantitative estimate of drug-likeness (QED) is 0.722. The molecule has 0 aliphatic heterocycles. The molecule has 0 spiro atoms. The Morgan fingerprint density at radius 3 is 2.65 bits per heavy atom. The van der Waals surface area contributed by atoms with Crippen molar-refractivity contribution in [3.63, 3.8) is 0 Å². The van der Waals surface area contributed by atoms with Crippen molar-refractivity contribution in [1.82, 2.24) is 10.6 Å². The van der Waals surface area contributed by atoms with E-state index in [2.05, 4.69) is 54.0 Å². The third kappa shape index (κ3) is 4.35. The van der Waals surface area contributed by atoms with E-state index in [1.807, 2.05) is 0 Å². The highest BCUT2D eigenvalue weighted by Gasteiger charge is 2.40. The molecule has 1 aromatic rings. The Hall–Kier alpha value is -1.81. The Morgan fingerprint density at radius 1 is 1.26 bits per heavy atom. The van der Waals surface area contributed by atoms with Gasteiger partial charge in [0, 0.05) is 12.1 Å². The summed E-state index contributed by atoms with van der Waals surface area (Å²) in [6.45, 7) is 3.25. The number of amides is 1. The predicted octanol–water partition coefficient (Wildman–Crippen LogP) is 3.50. The lowest BCUT2D eigenvalue weighted by Crippen LogP contribution is -2.47. The largest absolute Gasteiger partial charge is 0.465 e. The average molecular weight is 314 g/mol. The molecule has 2 aliphatic carbocycles.